The van der Waals surface area contributed by atoms with Crippen molar-refractivity contribution in [1.82, 2.24) is 15.5 Å². The molecule has 30 heavy (non-hydrogen) atoms. The number of hydrogen-bond donors (Lipinski definition) is 2. The summed E-state index contributed by atoms with van der Waals surface area (Å²) in [7, 11) is 5.24. The first-order chi connectivity index (χ1) is 13.8. The van der Waals surface area contributed by atoms with Crippen molar-refractivity contribution in [1.29, 1.82) is 0 Å². The van der Waals surface area contributed by atoms with Crippen molar-refractivity contribution < 1.29 is 9.53 Å². The third-order valence-electron chi connectivity index (χ3n) is 4.32. The zero-order valence-electron chi connectivity index (χ0n) is 18.7. The first-order valence-electron chi connectivity index (χ1n) is 9.81. The Bertz CT molecular complexity index is 849. The van der Waals surface area contributed by atoms with Gasteiger partial charge in [0.1, 0.15) is 5.75 Å². The van der Waals surface area contributed by atoms with E-state index in [1.54, 1.807) is 26.0 Å². The molecule has 0 aromatic heterocycles. The molecule has 0 aliphatic rings. The summed E-state index contributed by atoms with van der Waals surface area (Å²) in [6, 6.07) is 13.8. The first kappa shape index (κ1) is 25.7. The smallest absolute Gasteiger partial charge is 0.253 e. The van der Waals surface area contributed by atoms with Gasteiger partial charge in [0, 0.05) is 45.4 Å². The van der Waals surface area contributed by atoms with E-state index < -0.39 is 0 Å². The van der Waals surface area contributed by atoms with Crippen LogP contribution in [0.15, 0.2) is 47.5 Å². The molecule has 2 rings (SSSR count). The number of amides is 1. The molecule has 0 heterocycles. The Morgan fingerprint density at radius 1 is 1.07 bits per heavy atom. The molecular weight excluding hydrogens is 491 g/mol. The predicted molar refractivity (Wildman–Crippen MR) is 134 cm³/mol. The van der Waals surface area contributed by atoms with E-state index in [2.05, 4.69) is 40.7 Å². The van der Waals surface area contributed by atoms with Crippen LogP contribution in [0.3, 0.4) is 0 Å². The summed E-state index contributed by atoms with van der Waals surface area (Å²) >= 11 is 0. The maximum atomic E-state index is 12.0. The van der Waals surface area contributed by atoms with Gasteiger partial charge in [0.05, 0.1) is 6.10 Å². The number of nitrogens with zero attached hydrogens (tertiary/aromatic N) is 2. The van der Waals surface area contributed by atoms with E-state index in [-0.39, 0.29) is 36.0 Å². The highest BCUT2D eigenvalue weighted by Crippen LogP contribution is 2.21. The SMILES string of the molecule is CN=C(NCc1ccc(C(=O)N(C)C)cc1)NCc1ccc(C)cc1OC(C)C.I. The Morgan fingerprint density at radius 3 is 2.27 bits per heavy atom. The lowest BCUT2D eigenvalue weighted by molar-refractivity contribution is 0.0827. The Balaban J connectivity index is 0.00000450. The van der Waals surface area contributed by atoms with Crippen LogP contribution in [0.25, 0.3) is 0 Å². The number of ether oxygens (including phenoxy) is 1. The van der Waals surface area contributed by atoms with E-state index in [1.165, 1.54) is 5.56 Å². The van der Waals surface area contributed by atoms with Gasteiger partial charge >= 0.3 is 0 Å². The number of guanidine groups is 1. The molecule has 0 saturated carbocycles. The molecular formula is C23H33IN4O2. The molecule has 1 amide bonds. The summed E-state index contributed by atoms with van der Waals surface area (Å²) in [5.74, 6) is 1.60. The molecule has 2 N–H and O–H groups in total. The summed E-state index contributed by atoms with van der Waals surface area (Å²) in [5.41, 5.74) is 4.00. The fraction of sp³-hybridized carbons (Fsp3) is 0.391. The van der Waals surface area contributed by atoms with E-state index in [4.69, 9.17) is 4.74 Å². The number of hydrogen-bond acceptors (Lipinski definition) is 3. The molecule has 0 unspecified atom stereocenters. The molecule has 0 spiro atoms. The lowest BCUT2D eigenvalue weighted by atomic mass is 10.1. The van der Waals surface area contributed by atoms with E-state index in [1.807, 2.05) is 38.1 Å². The molecule has 0 aliphatic carbocycles. The van der Waals surface area contributed by atoms with Crippen molar-refractivity contribution in [2.45, 2.75) is 40.0 Å². The third kappa shape index (κ3) is 7.85. The topological polar surface area (TPSA) is 66.0 Å². The average molecular weight is 524 g/mol. The van der Waals surface area contributed by atoms with Gasteiger partial charge in [0.25, 0.3) is 5.91 Å². The van der Waals surface area contributed by atoms with Gasteiger partial charge in [-0.15, -0.1) is 24.0 Å². The number of benzene rings is 2. The Hall–Kier alpha value is -2.29. The highest BCUT2D eigenvalue weighted by Gasteiger charge is 2.09. The average Bonchev–Trinajstić information content (AvgIpc) is 2.68. The van der Waals surface area contributed by atoms with Crippen LogP contribution in [0.4, 0.5) is 0 Å². The van der Waals surface area contributed by atoms with Crippen LogP contribution in [0, 0.1) is 6.92 Å². The zero-order valence-corrected chi connectivity index (χ0v) is 21.0. The summed E-state index contributed by atoms with van der Waals surface area (Å²) in [4.78, 5) is 17.8. The van der Waals surface area contributed by atoms with Crippen LogP contribution in [0.5, 0.6) is 5.75 Å². The van der Waals surface area contributed by atoms with E-state index in [9.17, 15) is 4.79 Å². The molecule has 0 atom stereocenters. The molecule has 7 heteroatoms. The second-order valence-electron chi connectivity index (χ2n) is 7.45. The number of halogens is 1. The standard InChI is InChI=1S/C23H32N4O2.HI/c1-16(2)29-21-13-17(3)7-10-20(21)15-26-23(24-4)25-14-18-8-11-19(12-9-18)22(28)27(5)6;/h7-13,16H,14-15H2,1-6H3,(H2,24,25,26);1H. The maximum absolute atomic E-state index is 12.0. The van der Waals surface area contributed by atoms with Crippen LogP contribution in [-0.2, 0) is 13.1 Å². The molecule has 2 aromatic rings. The van der Waals surface area contributed by atoms with Crippen LogP contribution in [0.1, 0.15) is 40.9 Å². The van der Waals surface area contributed by atoms with Crippen molar-refractivity contribution >= 4 is 35.8 Å². The first-order valence-corrected chi connectivity index (χ1v) is 9.81. The maximum Gasteiger partial charge on any atom is 0.253 e. The number of carbonyl (C=O) groups is 1. The van der Waals surface area contributed by atoms with Gasteiger partial charge in [-0.2, -0.15) is 0 Å². The number of nitrogens with one attached hydrogen (secondary N) is 2. The third-order valence-corrected chi connectivity index (χ3v) is 4.32. The minimum absolute atomic E-state index is 0. The monoisotopic (exact) mass is 524 g/mol. The zero-order chi connectivity index (χ0) is 21.4. The minimum atomic E-state index is -0.000459. The van der Waals surface area contributed by atoms with Crippen LogP contribution >= 0.6 is 24.0 Å². The quantitative estimate of drug-likeness (QED) is 0.327. The Labute approximate surface area is 197 Å². The second-order valence-corrected chi connectivity index (χ2v) is 7.45. The summed E-state index contributed by atoms with van der Waals surface area (Å²) in [6.45, 7) is 7.33. The summed E-state index contributed by atoms with van der Waals surface area (Å²) in [5, 5.41) is 6.63. The Morgan fingerprint density at radius 2 is 1.70 bits per heavy atom. The summed E-state index contributed by atoms with van der Waals surface area (Å²) in [6.07, 6.45) is 0.121. The molecule has 0 saturated heterocycles. The minimum Gasteiger partial charge on any atom is -0.491 e. The van der Waals surface area contributed by atoms with E-state index in [0.29, 0.717) is 24.6 Å². The van der Waals surface area contributed by atoms with E-state index >= 15 is 0 Å². The van der Waals surface area contributed by atoms with Gasteiger partial charge in [-0.05, 0) is 50.1 Å². The number of aryl methyl sites for hydroxylation is 1. The van der Waals surface area contributed by atoms with Crippen molar-refractivity contribution in [3.05, 3.63) is 64.7 Å². The fourth-order valence-corrected chi connectivity index (χ4v) is 2.78. The number of carbonyl (C=O) groups excluding carboxylic acids is 1. The Kier molecular flexibility index (Phi) is 10.7. The highest BCUT2D eigenvalue weighted by molar-refractivity contribution is 14.0. The van der Waals surface area contributed by atoms with Crippen LogP contribution in [-0.4, -0.2) is 44.0 Å². The lowest BCUT2D eigenvalue weighted by Crippen LogP contribution is -2.36. The van der Waals surface area contributed by atoms with Crippen LogP contribution in [0.2, 0.25) is 0 Å². The van der Waals surface area contributed by atoms with Crippen molar-refractivity contribution in [2.24, 2.45) is 4.99 Å². The van der Waals surface area contributed by atoms with Gasteiger partial charge in [0.2, 0.25) is 0 Å². The number of aliphatic imine (C=N–C) groups is 1. The largest absolute Gasteiger partial charge is 0.491 e. The second kappa shape index (κ2) is 12.4. The molecule has 2 aromatic carbocycles. The van der Waals surface area contributed by atoms with Crippen LogP contribution < -0.4 is 15.4 Å². The summed E-state index contributed by atoms with van der Waals surface area (Å²) < 4.78 is 5.94. The lowest BCUT2D eigenvalue weighted by Gasteiger charge is -2.17. The molecule has 0 radical (unpaired) electrons. The predicted octanol–water partition coefficient (Wildman–Crippen LogP) is 3.97. The molecule has 0 aliphatic heterocycles. The van der Waals surface area contributed by atoms with E-state index in [0.717, 1.165) is 16.9 Å². The van der Waals surface area contributed by atoms with Crippen molar-refractivity contribution in [3.8, 4) is 5.75 Å². The molecule has 6 nitrogen and oxygen atoms in total. The molecule has 0 fully saturated rings. The van der Waals surface area contributed by atoms with Gasteiger partial charge < -0.3 is 20.3 Å². The van der Waals surface area contributed by atoms with Gasteiger partial charge in [0.15, 0.2) is 5.96 Å². The van der Waals surface area contributed by atoms with Gasteiger partial charge in [-0.25, -0.2) is 0 Å². The highest BCUT2D eigenvalue weighted by atomic mass is 127. The fourth-order valence-electron chi connectivity index (χ4n) is 2.78. The van der Waals surface area contributed by atoms with Gasteiger partial charge in [-0.1, -0.05) is 24.3 Å². The molecule has 0 bridgehead atoms. The van der Waals surface area contributed by atoms with Gasteiger partial charge in [-0.3, -0.25) is 9.79 Å². The van der Waals surface area contributed by atoms with Crippen molar-refractivity contribution in [3.63, 3.8) is 0 Å². The molecule has 164 valence electrons. The van der Waals surface area contributed by atoms with Crippen molar-refractivity contribution in [2.75, 3.05) is 21.1 Å². The number of rotatable bonds is 7. The normalized spacial score (nSPS) is 11.0.